The second kappa shape index (κ2) is 8.18. The first kappa shape index (κ1) is 19.7. The van der Waals surface area contributed by atoms with Crippen LogP contribution in [0.2, 0.25) is 0 Å². The number of carbonyl (C=O) groups excluding carboxylic acids is 3. The van der Waals surface area contributed by atoms with Gasteiger partial charge in [-0.2, -0.15) is 0 Å². The molecule has 26 heavy (non-hydrogen) atoms. The summed E-state index contributed by atoms with van der Waals surface area (Å²) in [6, 6.07) is 4.63. The molecule has 0 radical (unpaired) electrons. The molecule has 2 rings (SSSR count). The number of hydrogen-bond donors (Lipinski definition) is 0. The molecule has 8 heteroatoms. The fraction of sp³-hybridized carbons (Fsp3) is 0.500. The molecule has 0 atom stereocenters. The van der Waals surface area contributed by atoms with Gasteiger partial charge in [-0.25, -0.2) is 9.69 Å². The van der Waals surface area contributed by atoms with Crippen LogP contribution in [0.15, 0.2) is 18.2 Å². The van der Waals surface area contributed by atoms with Crippen molar-refractivity contribution in [2.45, 2.75) is 33.4 Å². The third kappa shape index (κ3) is 3.96. The molecule has 1 aromatic carbocycles. The molecular weight excluding hydrogens is 338 g/mol. The van der Waals surface area contributed by atoms with E-state index < -0.39 is 17.8 Å². The minimum absolute atomic E-state index is 0.0299. The van der Waals surface area contributed by atoms with E-state index in [-0.39, 0.29) is 12.7 Å². The standard InChI is InChI=1S/C18H25N3O5/c1-6-26-14-8-7-13(9-15(14)25-5)10-19(4)11-20-16(22)17(23)21(12(2)3)18(20)24/h7-9,12H,6,10-11H2,1-5H3. The van der Waals surface area contributed by atoms with Crippen molar-refractivity contribution >= 4 is 17.8 Å². The zero-order chi connectivity index (χ0) is 19.4. The number of carbonyl (C=O) groups is 3. The Morgan fingerprint density at radius 3 is 2.35 bits per heavy atom. The topological polar surface area (TPSA) is 79.4 Å². The van der Waals surface area contributed by atoms with Crippen LogP contribution in [0.1, 0.15) is 26.3 Å². The fourth-order valence-corrected chi connectivity index (χ4v) is 2.79. The van der Waals surface area contributed by atoms with Crippen molar-refractivity contribution in [1.29, 1.82) is 0 Å². The molecule has 0 spiro atoms. The Labute approximate surface area is 153 Å². The highest BCUT2D eigenvalue weighted by Gasteiger charge is 2.45. The smallest absolute Gasteiger partial charge is 0.335 e. The molecule has 8 nitrogen and oxygen atoms in total. The predicted octanol–water partition coefficient (Wildman–Crippen LogP) is 1.68. The van der Waals surface area contributed by atoms with Gasteiger partial charge in [0, 0.05) is 12.6 Å². The van der Waals surface area contributed by atoms with Crippen LogP contribution in [-0.4, -0.2) is 66.0 Å². The molecule has 0 N–H and O–H groups in total. The molecule has 4 amide bonds. The molecule has 1 aromatic rings. The van der Waals surface area contributed by atoms with Gasteiger partial charge in [0.1, 0.15) is 0 Å². The number of methoxy groups -OCH3 is 1. The lowest BCUT2D eigenvalue weighted by atomic mass is 10.2. The molecule has 1 heterocycles. The van der Waals surface area contributed by atoms with Gasteiger partial charge in [-0.05, 0) is 45.5 Å². The van der Waals surface area contributed by atoms with Crippen LogP contribution in [0, 0.1) is 0 Å². The first-order valence-corrected chi connectivity index (χ1v) is 8.47. The molecular formula is C18H25N3O5. The number of hydrogen-bond acceptors (Lipinski definition) is 6. The molecule has 0 aliphatic carbocycles. The van der Waals surface area contributed by atoms with Gasteiger partial charge in [-0.1, -0.05) is 6.07 Å². The monoisotopic (exact) mass is 363 g/mol. The minimum Gasteiger partial charge on any atom is -0.493 e. The van der Waals surface area contributed by atoms with E-state index in [2.05, 4.69) is 0 Å². The van der Waals surface area contributed by atoms with E-state index in [1.807, 2.05) is 25.1 Å². The van der Waals surface area contributed by atoms with Crippen LogP contribution >= 0.6 is 0 Å². The van der Waals surface area contributed by atoms with Crippen molar-refractivity contribution in [2.75, 3.05) is 27.4 Å². The Balaban J connectivity index is 2.07. The van der Waals surface area contributed by atoms with E-state index in [0.29, 0.717) is 24.7 Å². The summed E-state index contributed by atoms with van der Waals surface area (Å²) in [5.41, 5.74) is 0.930. The van der Waals surface area contributed by atoms with Crippen molar-refractivity contribution in [3.63, 3.8) is 0 Å². The second-order valence-electron chi connectivity index (χ2n) is 6.36. The molecule has 1 aliphatic rings. The van der Waals surface area contributed by atoms with Gasteiger partial charge in [-0.3, -0.25) is 19.4 Å². The second-order valence-corrected chi connectivity index (χ2v) is 6.36. The van der Waals surface area contributed by atoms with Crippen LogP contribution in [0.3, 0.4) is 0 Å². The lowest BCUT2D eigenvalue weighted by Gasteiger charge is -2.23. The average Bonchev–Trinajstić information content (AvgIpc) is 2.79. The van der Waals surface area contributed by atoms with Crippen molar-refractivity contribution in [3.05, 3.63) is 23.8 Å². The normalized spacial score (nSPS) is 14.8. The highest BCUT2D eigenvalue weighted by molar-refractivity contribution is 6.44. The van der Waals surface area contributed by atoms with Gasteiger partial charge in [0.05, 0.1) is 20.4 Å². The maximum Gasteiger partial charge on any atom is 0.335 e. The highest BCUT2D eigenvalue weighted by Crippen LogP contribution is 2.28. The van der Waals surface area contributed by atoms with Crippen molar-refractivity contribution in [3.8, 4) is 11.5 Å². The summed E-state index contributed by atoms with van der Waals surface area (Å²) in [6.45, 7) is 6.32. The predicted molar refractivity (Wildman–Crippen MR) is 94.7 cm³/mol. The van der Waals surface area contributed by atoms with Crippen LogP contribution in [0.4, 0.5) is 4.79 Å². The molecule has 0 unspecified atom stereocenters. The van der Waals surface area contributed by atoms with E-state index in [0.717, 1.165) is 15.4 Å². The summed E-state index contributed by atoms with van der Waals surface area (Å²) < 4.78 is 10.8. The summed E-state index contributed by atoms with van der Waals surface area (Å²) in [5.74, 6) is -0.294. The van der Waals surface area contributed by atoms with E-state index in [1.165, 1.54) is 0 Å². The van der Waals surface area contributed by atoms with E-state index >= 15 is 0 Å². The van der Waals surface area contributed by atoms with E-state index in [4.69, 9.17) is 9.47 Å². The zero-order valence-electron chi connectivity index (χ0n) is 15.8. The fourth-order valence-electron chi connectivity index (χ4n) is 2.79. The van der Waals surface area contributed by atoms with Gasteiger partial charge in [0.2, 0.25) is 0 Å². The first-order chi connectivity index (χ1) is 12.3. The van der Waals surface area contributed by atoms with Gasteiger partial charge in [0.15, 0.2) is 11.5 Å². The molecule has 1 saturated heterocycles. The van der Waals surface area contributed by atoms with Gasteiger partial charge in [-0.15, -0.1) is 0 Å². The van der Waals surface area contributed by atoms with Gasteiger partial charge >= 0.3 is 17.8 Å². The third-order valence-corrected chi connectivity index (χ3v) is 3.96. The highest BCUT2D eigenvalue weighted by atomic mass is 16.5. The molecule has 1 aliphatic heterocycles. The summed E-state index contributed by atoms with van der Waals surface area (Å²) >= 11 is 0. The van der Waals surface area contributed by atoms with E-state index in [9.17, 15) is 14.4 Å². The Bertz CT molecular complexity index is 704. The van der Waals surface area contributed by atoms with Crippen molar-refractivity contribution in [1.82, 2.24) is 14.7 Å². The number of benzene rings is 1. The summed E-state index contributed by atoms with van der Waals surface area (Å²) in [4.78, 5) is 40.1. The Morgan fingerprint density at radius 1 is 1.12 bits per heavy atom. The average molecular weight is 363 g/mol. The maximum absolute atomic E-state index is 12.3. The quantitative estimate of drug-likeness (QED) is 0.516. The lowest BCUT2D eigenvalue weighted by molar-refractivity contribution is -0.144. The number of rotatable bonds is 8. The number of imide groups is 2. The largest absolute Gasteiger partial charge is 0.493 e. The number of urea groups is 1. The molecule has 0 saturated carbocycles. The third-order valence-electron chi connectivity index (χ3n) is 3.96. The Kier molecular flexibility index (Phi) is 6.20. The van der Waals surface area contributed by atoms with Gasteiger partial charge in [0.25, 0.3) is 0 Å². The Hall–Kier alpha value is -2.61. The summed E-state index contributed by atoms with van der Waals surface area (Å²) in [6.07, 6.45) is 0. The SMILES string of the molecule is CCOc1ccc(CN(C)CN2C(=O)C(=O)N(C(C)C)C2=O)cc1OC. The van der Waals surface area contributed by atoms with Crippen molar-refractivity contribution in [2.24, 2.45) is 0 Å². The zero-order valence-corrected chi connectivity index (χ0v) is 15.8. The van der Waals surface area contributed by atoms with Crippen LogP contribution < -0.4 is 9.47 Å². The van der Waals surface area contributed by atoms with Gasteiger partial charge < -0.3 is 9.47 Å². The van der Waals surface area contributed by atoms with Crippen LogP contribution in [0.5, 0.6) is 11.5 Å². The first-order valence-electron chi connectivity index (χ1n) is 8.47. The van der Waals surface area contributed by atoms with Crippen LogP contribution in [-0.2, 0) is 16.1 Å². The van der Waals surface area contributed by atoms with Crippen LogP contribution in [0.25, 0.3) is 0 Å². The van der Waals surface area contributed by atoms with Crippen molar-refractivity contribution < 1.29 is 23.9 Å². The maximum atomic E-state index is 12.3. The molecule has 142 valence electrons. The number of nitrogens with zero attached hydrogens (tertiary/aromatic N) is 3. The molecule has 1 fully saturated rings. The summed E-state index contributed by atoms with van der Waals surface area (Å²) in [5, 5.41) is 0. The number of amides is 4. The Morgan fingerprint density at radius 2 is 1.81 bits per heavy atom. The van der Waals surface area contributed by atoms with E-state index in [1.54, 1.807) is 32.9 Å². The summed E-state index contributed by atoms with van der Waals surface area (Å²) in [7, 11) is 3.34. The molecule has 0 bridgehead atoms. The minimum atomic E-state index is -0.792. The molecule has 0 aromatic heterocycles. The number of ether oxygens (including phenoxy) is 2. The lowest BCUT2D eigenvalue weighted by Crippen LogP contribution is -2.41.